The molecule has 0 bridgehead atoms. The topological polar surface area (TPSA) is 115 Å². The Kier molecular flexibility index (Phi) is 16.4. The van der Waals surface area contributed by atoms with Crippen molar-refractivity contribution in [1.29, 1.82) is 21.0 Å². The third-order valence-corrected chi connectivity index (χ3v) is 24.0. The maximum absolute atomic E-state index is 11.9. The lowest BCUT2D eigenvalue weighted by atomic mass is 9.88. The van der Waals surface area contributed by atoms with Crippen molar-refractivity contribution < 1.29 is 0 Å². The summed E-state index contributed by atoms with van der Waals surface area (Å²) < 4.78 is 9.16. The third-order valence-electron chi connectivity index (χ3n) is 24.0. The maximum atomic E-state index is 11.9. The first kappa shape index (κ1) is 69.8. The molecule has 0 atom stereocenters. The Morgan fingerprint density at radius 3 is 0.974 bits per heavy atom. The number of nitriles is 4. The van der Waals surface area contributed by atoms with E-state index in [4.69, 9.17) is 0 Å². The molecule has 0 spiro atoms. The molecule has 0 N–H and O–H groups in total. The van der Waals surface area contributed by atoms with Gasteiger partial charge in [-0.2, -0.15) is 21.0 Å². The van der Waals surface area contributed by atoms with E-state index in [1.54, 1.807) is 0 Å². The Hall–Kier alpha value is -15.3. The molecule has 0 fully saturated rings. The molecule has 0 saturated carbocycles. The average Bonchev–Trinajstić information content (AvgIpc) is 1.56. The predicted octanol–water partition coefficient (Wildman–Crippen LogP) is 27.7. The monoisotopic (exact) mass is 1480 g/mol. The van der Waals surface area contributed by atoms with Gasteiger partial charge in [-0.25, -0.2) is 0 Å². The molecule has 0 amide bonds. The fourth-order valence-electron chi connectivity index (χ4n) is 18.8. The Labute approximate surface area is 672 Å². The highest BCUT2D eigenvalue weighted by Gasteiger charge is 2.28. The van der Waals surface area contributed by atoms with E-state index in [9.17, 15) is 21.0 Å². The maximum Gasteiger partial charge on any atom is 0.101 e. The van der Waals surface area contributed by atoms with E-state index in [0.717, 1.165) is 182 Å². The number of nitrogens with zero attached hydrogens (tertiary/aromatic N) is 8. The van der Waals surface area contributed by atoms with E-state index >= 15 is 0 Å². The van der Waals surface area contributed by atoms with Crippen molar-refractivity contribution in [2.45, 2.75) is 55.4 Å². The van der Waals surface area contributed by atoms with Crippen molar-refractivity contribution in [1.82, 2.24) is 18.3 Å². The number of fused-ring (bicyclic) bond motifs is 12. The van der Waals surface area contributed by atoms with Gasteiger partial charge in [-0.05, 0) is 260 Å². The molecular formula is C108H74N8. The van der Waals surface area contributed by atoms with Gasteiger partial charge in [0.15, 0.2) is 0 Å². The molecule has 8 nitrogen and oxygen atoms in total. The van der Waals surface area contributed by atoms with Crippen LogP contribution in [0.5, 0.6) is 0 Å². The van der Waals surface area contributed by atoms with Crippen LogP contribution in [0.3, 0.4) is 0 Å². The minimum atomic E-state index is 0.483. The second-order valence-corrected chi connectivity index (χ2v) is 31.4. The summed E-state index contributed by atoms with van der Waals surface area (Å²) in [5, 5.41) is 53.4. The van der Waals surface area contributed by atoms with Crippen molar-refractivity contribution in [3.8, 4) is 125 Å². The van der Waals surface area contributed by atoms with Crippen molar-refractivity contribution in [2.75, 3.05) is 0 Å². The number of hydrogen-bond donors (Lipinski definition) is 0. The fraction of sp³-hybridized carbons (Fsp3) is 0.0741. The van der Waals surface area contributed by atoms with Gasteiger partial charge in [0.2, 0.25) is 0 Å². The van der Waals surface area contributed by atoms with E-state index in [0.29, 0.717) is 33.6 Å². The first-order chi connectivity index (χ1) is 56.6. The Balaban J connectivity index is 0.792. The fourth-order valence-corrected chi connectivity index (χ4v) is 18.8. The van der Waals surface area contributed by atoms with Gasteiger partial charge in [-0.15, -0.1) is 0 Å². The van der Waals surface area contributed by atoms with Crippen molar-refractivity contribution >= 4 is 87.2 Å². The highest BCUT2D eigenvalue weighted by atomic mass is 15.0. The lowest BCUT2D eigenvalue weighted by Gasteiger charge is -2.20. The SMILES string of the molecule is Cc1ccc(-c2ccc3c(c2)c2cc(-c4cc(C)cc(C)c4-c4ccc5c6ccccc6n(-c6cc(-c7cccc(C#N)c7)c(-n7c8ccccc8c8ccc(-c9ccc(C)cc9C)cc87)cc6C#N)c5c4)ccc2n3-c2cc(-c3cccc(C#N)c3)c(-n3c4ccccc4c4cc(-c5ccc(C)cc5C)ccc43)cc2C#N)c(C)c1. The van der Waals surface area contributed by atoms with E-state index < -0.39 is 0 Å². The standard InChI is InChI=1S/C108H74N8/c1-63-27-35-82(67(5)43-63)75-32-40-99-93(50-75)87-23-11-14-26-98(87)114(99)106-55-80(61-111)102(57-90(106)73-19-15-17-71(48-73)59-109)113-100-41-33-76(83-36-28-64(2)44-68(83)6)51-94(100)95-52-77(34-42-101(95)113)92-47-66(4)46-70(8)108(92)79-31-39-89-85-21-9-12-24-96(85)115(105(89)54-79)103-58-91(74-20-16-18-72(49-74)60-110)107(56-81(103)62-112)116-97-25-13-10-22-86(97)88-38-30-78(53-104(88)116)84-37-29-65(3)45-69(84)7/h9-58H,1-8H3. The molecule has 8 heteroatoms. The summed E-state index contributed by atoms with van der Waals surface area (Å²) in [6.45, 7) is 17.3. The van der Waals surface area contributed by atoms with Crippen LogP contribution in [0.25, 0.3) is 188 Å². The molecule has 116 heavy (non-hydrogen) atoms. The zero-order valence-corrected chi connectivity index (χ0v) is 65.4. The predicted molar refractivity (Wildman–Crippen MR) is 479 cm³/mol. The highest BCUT2D eigenvalue weighted by molar-refractivity contribution is 6.16. The largest absolute Gasteiger partial charge is 0.309 e. The molecule has 0 saturated heterocycles. The average molecular weight is 1480 g/mol. The number of para-hydroxylation sites is 3. The number of aryl methyl sites for hydroxylation is 8. The van der Waals surface area contributed by atoms with Crippen LogP contribution >= 0.6 is 0 Å². The summed E-state index contributed by atoms with van der Waals surface area (Å²) in [7, 11) is 0. The first-order valence-corrected chi connectivity index (χ1v) is 39.3. The second-order valence-electron chi connectivity index (χ2n) is 31.4. The van der Waals surface area contributed by atoms with E-state index in [2.05, 4.69) is 365 Å². The van der Waals surface area contributed by atoms with Crippen LogP contribution in [0.15, 0.2) is 303 Å². The molecule has 0 unspecified atom stereocenters. The normalized spacial score (nSPS) is 11.6. The number of aromatic nitrogens is 4. The van der Waals surface area contributed by atoms with Gasteiger partial charge in [0.05, 0.1) is 101 Å². The Bertz CT molecular complexity index is 7860. The van der Waals surface area contributed by atoms with Gasteiger partial charge < -0.3 is 18.3 Å². The summed E-state index contributed by atoms with van der Waals surface area (Å²) in [4.78, 5) is 0. The van der Waals surface area contributed by atoms with E-state index in [-0.39, 0.29) is 0 Å². The lowest BCUT2D eigenvalue weighted by Crippen LogP contribution is -2.04. The summed E-state index contributed by atoms with van der Waals surface area (Å²) >= 11 is 0. The molecule has 0 aliphatic carbocycles. The Morgan fingerprint density at radius 2 is 0.534 bits per heavy atom. The van der Waals surface area contributed by atoms with E-state index in [1.165, 1.54) is 38.9 Å². The minimum absolute atomic E-state index is 0.483. The number of rotatable bonds is 11. The molecule has 4 heterocycles. The molecular weight excluding hydrogens is 1410 g/mol. The van der Waals surface area contributed by atoms with Crippen LogP contribution in [-0.4, -0.2) is 18.3 Å². The lowest BCUT2D eigenvalue weighted by molar-refractivity contribution is 1.14. The van der Waals surface area contributed by atoms with Crippen molar-refractivity contribution in [2.24, 2.45) is 0 Å². The van der Waals surface area contributed by atoms with Crippen LogP contribution in [-0.2, 0) is 0 Å². The molecule has 0 aliphatic heterocycles. The van der Waals surface area contributed by atoms with Gasteiger partial charge in [-0.1, -0.05) is 210 Å². The molecule has 20 aromatic rings. The third kappa shape index (κ3) is 11.2. The minimum Gasteiger partial charge on any atom is -0.309 e. The van der Waals surface area contributed by atoms with E-state index in [1.807, 2.05) is 36.4 Å². The highest BCUT2D eigenvalue weighted by Crippen LogP contribution is 2.49. The van der Waals surface area contributed by atoms with Crippen LogP contribution < -0.4 is 0 Å². The zero-order valence-electron chi connectivity index (χ0n) is 65.4. The summed E-state index contributed by atoms with van der Waals surface area (Å²) in [5.41, 5.74) is 36.6. The molecule has 4 aromatic heterocycles. The smallest absolute Gasteiger partial charge is 0.101 e. The summed E-state index contributed by atoms with van der Waals surface area (Å²) in [6, 6.07) is 118. The molecule has 546 valence electrons. The molecule has 16 aromatic carbocycles. The molecule has 0 radical (unpaired) electrons. The van der Waals surface area contributed by atoms with Gasteiger partial charge in [0.1, 0.15) is 12.1 Å². The Morgan fingerprint density at radius 1 is 0.198 bits per heavy atom. The molecule has 20 rings (SSSR count). The second kappa shape index (κ2) is 27.3. The first-order valence-electron chi connectivity index (χ1n) is 39.3. The summed E-state index contributed by atoms with van der Waals surface area (Å²) in [5.74, 6) is 0. The van der Waals surface area contributed by atoms with Crippen LogP contribution in [0.2, 0.25) is 0 Å². The van der Waals surface area contributed by atoms with Crippen molar-refractivity contribution in [3.05, 3.63) is 370 Å². The number of hydrogen-bond acceptors (Lipinski definition) is 4. The van der Waals surface area contributed by atoms with Crippen molar-refractivity contribution in [3.63, 3.8) is 0 Å². The number of benzene rings is 16. The molecule has 0 aliphatic rings. The van der Waals surface area contributed by atoms with Gasteiger partial charge in [-0.3, -0.25) is 0 Å². The zero-order chi connectivity index (χ0) is 79.1. The summed E-state index contributed by atoms with van der Waals surface area (Å²) in [6.07, 6.45) is 0. The van der Waals surface area contributed by atoms with Gasteiger partial charge >= 0.3 is 0 Å². The quantitative estimate of drug-likeness (QED) is 0.128. The van der Waals surface area contributed by atoms with Gasteiger partial charge in [0.25, 0.3) is 0 Å². The van der Waals surface area contributed by atoms with Crippen LogP contribution in [0.1, 0.15) is 66.8 Å². The van der Waals surface area contributed by atoms with Gasteiger partial charge in [0, 0.05) is 54.2 Å². The van der Waals surface area contributed by atoms with Crippen LogP contribution in [0.4, 0.5) is 0 Å². The van der Waals surface area contributed by atoms with Crippen LogP contribution in [0, 0.1) is 101 Å².